The average Bonchev–Trinajstić information content (AvgIpc) is 3.44. The molecule has 1 atom stereocenters. The summed E-state index contributed by atoms with van der Waals surface area (Å²) in [5, 5.41) is 6.56. The van der Waals surface area contributed by atoms with E-state index < -0.39 is 17.8 Å². The number of anilines is 3. The van der Waals surface area contributed by atoms with E-state index in [9.17, 15) is 9.59 Å². The molecule has 49 heavy (non-hydrogen) atoms. The first-order chi connectivity index (χ1) is 23.9. The quantitative estimate of drug-likeness (QED) is 0.173. The monoisotopic (exact) mass is 660 g/mol. The number of hydrogen-bond acceptors (Lipinski definition) is 8. The fourth-order valence-corrected chi connectivity index (χ4v) is 6.50. The maximum absolute atomic E-state index is 15.6. The van der Waals surface area contributed by atoms with E-state index >= 15 is 4.39 Å². The zero-order valence-electron chi connectivity index (χ0n) is 27.4. The highest BCUT2D eigenvalue weighted by molar-refractivity contribution is 6.04. The zero-order valence-corrected chi connectivity index (χ0v) is 27.4. The van der Waals surface area contributed by atoms with Crippen molar-refractivity contribution in [2.45, 2.75) is 25.4 Å². The first-order valence-corrected chi connectivity index (χ1v) is 16.3. The highest BCUT2D eigenvalue weighted by atomic mass is 19.1. The van der Waals surface area contributed by atoms with Gasteiger partial charge in [0.25, 0.3) is 11.8 Å². The van der Waals surface area contributed by atoms with Gasteiger partial charge >= 0.3 is 0 Å². The molecule has 10 nitrogen and oxygen atoms in total. The molecule has 1 fully saturated rings. The zero-order chi connectivity index (χ0) is 33.9. The number of amides is 2. The molecule has 250 valence electrons. The van der Waals surface area contributed by atoms with E-state index in [0.717, 1.165) is 31.5 Å². The van der Waals surface area contributed by atoms with E-state index in [2.05, 4.69) is 32.5 Å². The minimum absolute atomic E-state index is 0.160. The van der Waals surface area contributed by atoms with Gasteiger partial charge in [-0.15, -0.1) is 0 Å². The summed E-state index contributed by atoms with van der Waals surface area (Å²) in [6, 6.07) is 23.5. The summed E-state index contributed by atoms with van der Waals surface area (Å²) in [6.45, 7) is 2.94. The molecule has 0 saturated carbocycles. The second-order valence-corrected chi connectivity index (χ2v) is 12.5. The molecule has 11 heteroatoms. The van der Waals surface area contributed by atoms with Crippen molar-refractivity contribution in [1.29, 1.82) is 0 Å². The van der Waals surface area contributed by atoms with Gasteiger partial charge in [-0.3, -0.25) is 9.59 Å². The summed E-state index contributed by atoms with van der Waals surface area (Å²) in [4.78, 5) is 39.8. The molecular weight excluding hydrogens is 623 g/mol. The molecule has 0 bridgehead atoms. The number of nitrogens with one attached hydrogen (secondary N) is 2. The molecule has 0 radical (unpaired) electrons. The normalized spacial score (nSPS) is 15.6. The van der Waals surface area contributed by atoms with Gasteiger partial charge in [0.1, 0.15) is 24.0 Å². The van der Waals surface area contributed by atoms with Crippen molar-refractivity contribution in [2.24, 2.45) is 5.92 Å². The Morgan fingerprint density at radius 1 is 0.980 bits per heavy atom. The Morgan fingerprint density at radius 2 is 1.76 bits per heavy atom. The predicted molar refractivity (Wildman–Crippen MR) is 186 cm³/mol. The number of methoxy groups -OCH3 is 1. The van der Waals surface area contributed by atoms with Crippen LogP contribution in [0.1, 0.15) is 40.4 Å². The predicted octanol–water partition coefficient (Wildman–Crippen LogP) is 6.58. The molecule has 0 aliphatic carbocycles. The van der Waals surface area contributed by atoms with Crippen LogP contribution in [-0.4, -0.2) is 65.4 Å². The molecule has 0 spiro atoms. The Bertz CT molecular complexity index is 2000. The van der Waals surface area contributed by atoms with Crippen LogP contribution in [-0.2, 0) is 11.3 Å². The number of likely N-dealkylation sites (tertiary alicyclic amines) is 1. The number of rotatable bonds is 10. The number of nitrogens with zero attached hydrogens (tertiary/aromatic N) is 4. The van der Waals surface area contributed by atoms with Crippen LogP contribution in [0.3, 0.4) is 0 Å². The fourth-order valence-electron chi connectivity index (χ4n) is 6.50. The minimum Gasteiger partial charge on any atom is -0.493 e. The van der Waals surface area contributed by atoms with Crippen LogP contribution in [0.5, 0.6) is 11.5 Å². The average molecular weight is 661 g/mol. The van der Waals surface area contributed by atoms with Gasteiger partial charge in [0.2, 0.25) is 0 Å². The molecule has 7 rings (SSSR count). The molecule has 1 unspecified atom stereocenters. The van der Waals surface area contributed by atoms with Crippen molar-refractivity contribution < 1.29 is 23.5 Å². The second kappa shape index (κ2) is 13.9. The number of halogens is 1. The fraction of sp³-hybridized carbons (Fsp3) is 0.263. The van der Waals surface area contributed by atoms with Crippen molar-refractivity contribution in [2.75, 3.05) is 44.5 Å². The van der Waals surface area contributed by atoms with E-state index in [4.69, 9.17) is 9.47 Å². The van der Waals surface area contributed by atoms with Gasteiger partial charge in [-0.05, 0) is 80.4 Å². The number of ether oxygens (including phenoxy) is 2. The van der Waals surface area contributed by atoms with Gasteiger partial charge in [0, 0.05) is 29.2 Å². The van der Waals surface area contributed by atoms with Crippen molar-refractivity contribution in [3.8, 4) is 11.5 Å². The van der Waals surface area contributed by atoms with Crippen LogP contribution in [0.2, 0.25) is 0 Å². The van der Waals surface area contributed by atoms with Crippen LogP contribution in [0.4, 0.5) is 21.6 Å². The standard InChI is InChI=1S/C38H37FN6O4/c1-44-16-14-24(15-17-44)22-49-34-19-29-32(20-33(34)48-2)40-23-41-36(29)43-31-13-12-27(18-30(31)39)42-37(46)35(25-8-4-3-5-9-25)45-21-26-10-6-7-11-28(26)38(45)47/h3-13,18-20,23-24,35H,14-17,21-22H2,1-2H3,(H,42,46)(H,40,41,43). The molecule has 2 amide bonds. The maximum Gasteiger partial charge on any atom is 0.255 e. The number of carbonyl (C=O) groups is 2. The number of carbonyl (C=O) groups excluding carboxylic acids is 2. The molecule has 2 aliphatic rings. The van der Waals surface area contributed by atoms with Crippen molar-refractivity contribution in [3.05, 3.63) is 114 Å². The Kier molecular flexibility index (Phi) is 9.08. The Balaban J connectivity index is 1.10. The van der Waals surface area contributed by atoms with E-state index in [0.29, 0.717) is 58.4 Å². The smallest absolute Gasteiger partial charge is 0.255 e. The lowest BCUT2D eigenvalue weighted by atomic mass is 9.98. The summed E-state index contributed by atoms with van der Waals surface area (Å²) < 4.78 is 27.5. The molecule has 5 aromatic rings. The lowest BCUT2D eigenvalue weighted by Crippen LogP contribution is -2.37. The van der Waals surface area contributed by atoms with Crippen molar-refractivity contribution in [3.63, 3.8) is 0 Å². The molecule has 3 heterocycles. The topological polar surface area (TPSA) is 109 Å². The Hall–Kier alpha value is -5.55. The number of aromatic nitrogens is 2. The molecule has 4 aromatic carbocycles. The Labute approximate surface area is 283 Å². The van der Waals surface area contributed by atoms with Gasteiger partial charge in [-0.2, -0.15) is 0 Å². The van der Waals surface area contributed by atoms with Crippen LogP contribution in [0.25, 0.3) is 10.9 Å². The Morgan fingerprint density at radius 3 is 2.51 bits per heavy atom. The largest absolute Gasteiger partial charge is 0.493 e. The van der Waals surface area contributed by atoms with Gasteiger partial charge in [0.05, 0.1) is 24.9 Å². The van der Waals surface area contributed by atoms with Crippen LogP contribution in [0.15, 0.2) is 91.3 Å². The second-order valence-electron chi connectivity index (χ2n) is 12.5. The van der Waals surface area contributed by atoms with Gasteiger partial charge < -0.3 is 29.9 Å². The van der Waals surface area contributed by atoms with Crippen molar-refractivity contribution in [1.82, 2.24) is 19.8 Å². The molecule has 1 saturated heterocycles. The summed E-state index contributed by atoms with van der Waals surface area (Å²) in [5.74, 6) is 0.694. The maximum atomic E-state index is 15.6. The van der Waals surface area contributed by atoms with E-state index in [1.165, 1.54) is 18.5 Å². The third kappa shape index (κ3) is 6.75. The van der Waals surface area contributed by atoms with E-state index in [-0.39, 0.29) is 17.3 Å². The third-order valence-corrected chi connectivity index (χ3v) is 9.25. The highest BCUT2D eigenvalue weighted by Gasteiger charge is 2.37. The number of fused-ring (bicyclic) bond motifs is 2. The van der Waals surface area contributed by atoms with Gasteiger partial charge in [0.15, 0.2) is 11.5 Å². The van der Waals surface area contributed by atoms with Gasteiger partial charge in [-0.1, -0.05) is 48.5 Å². The van der Waals surface area contributed by atoms with Crippen LogP contribution < -0.4 is 20.1 Å². The molecular formula is C38H37FN6O4. The van der Waals surface area contributed by atoms with Crippen molar-refractivity contribution >= 4 is 39.9 Å². The molecule has 2 N–H and O–H groups in total. The van der Waals surface area contributed by atoms with E-state index in [1.807, 2.05) is 36.4 Å². The number of hydrogen-bond donors (Lipinski definition) is 2. The number of benzene rings is 4. The first kappa shape index (κ1) is 32.0. The lowest BCUT2D eigenvalue weighted by Gasteiger charge is -2.28. The van der Waals surface area contributed by atoms with Crippen LogP contribution in [0, 0.1) is 11.7 Å². The summed E-state index contributed by atoms with van der Waals surface area (Å²) in [5.41, 5.74) is 3.10. The summed E-state index contributed by atoms with van der Waals surface area (Å²) >= 11 is 0. The molecule has 1 aromatic heterocycles. The van der Waals surface area contributed by atoms with Gasteiger partial charge in [-0.25, -0.2) is 14.4 Å². The SMILES string of the molecule is COc1cc2ncnc(Nc3ccc(NC(=O)C(c4ccccc4)N4Cc5ccccc5C4=O)cc3F)c2cc1OCC1CCN(C)CC1. The highest BCUT2D eigenvalue weighted by Crippen LogP contribution is 2.37. The number of piperidine rings is 1. The minimum atomic E-state index is -0.915. The van der Waals surface area contributed by atoms with Crippen LogP contribution >= 0.6 is 0 Å². The summed E-state index contributed by atoms with van der Waals surface area (Å²) in [6.07, 6.45) is 3.53. The third-order valence-electron chi connectivity index (χ3n) is 9.25. The molecule has 2 aliphatic heterocycles. The lowest BCUT2D eigenvalue weighted by molar-refractivity contribution is -0.120. The first-order valence-electron chi connectivity index (χ1n) is 16.3. The summed E-state index contributed by atoms with van der Waals surface area (Å²) in [7, 11) is 3.72. The van der Waals surface area contributed by atoms with E-state index in [1.54, 1.807) is 48.4 Å².